The van der Waals surface area contributed by atoms with Crippen LogP contribution in [0, 0.1) is 5.82 Å². The van der Waals surface area contributed by atoms with Crippen LogP contribution in [0.15, 0.2) is 47.5 Å². The lowest BCUT2D eigenvalue weighted by molar-refractivity contribution is 0.0527. The monoisotopic (exact) mass is 437 g/mol. The molecular formula is C19H17ClFN3O4S. The van der Waals surface area contributed by atoms with Crippen LogP contribution >= 0.6 is 11.6 Å². The van der Waals surface area contributed by atoms with Crippen molar-refractivity contribution in [3.05, 3.63) is 59.0 Å². The molecule has 2 N–H and O–H groups in total. The van der Waals surface area contributed by atoms with Crippen molar-refractivity contribution in [2.24, 2.45) is 0 Å². The normalized spacial score (nSPS) is 11.4. The van der Waals surface area contributed by atoms with Gasteiger partial charge in [0.2, 0.25) is 10.0 Å². The number of nitrogens with one attached hydrogen (secondary N) is 2. The smallest absolute Gasteiger partial charge is 0.341 e. The Bertz CT molecular complexity index is 1200. The number of halogens is 2. The molecule has 2 aromatic carbocycles. The average molecular weight is 438 g/mol. The Morgan fingerprint density at radius 2 is 2.03 bits per heavy atom. The largest absolute Gasteiger partial charge is 0.462 e. The molecule has 152 valence electrons. The van der Waals surface area contributed by atoms with E-state index in [9.17, 15) is 17.6 Å². The van der Waals surface area contributed by atoms with Crippen molar-refractivity contribution in [2.75, 3.05) is 19.0 Å². The van der Waals surface area contributed by atoms with Crippen molar-refractivity contribution in [3.8, 4) is 0 Å². The zero-order valence-electron chi connectivity index (χ0n) is 15.5. The third kappa shape index (κ3) is 4.31. The molecule has 0 atom stereocenters. The molecule has 0 aliphatic heterocycles. The summed E-state index contributed by atoms with van der Waals surface area (Å²) < 4.78 is 45.6. The number of benzene rings is 2. The second-order valence-corrected chi connectivity index (χ2v) is 8.20. The first kappa shape index (κ1) is 21.0. The Morgan fingerprint density at radius 3 is 2.72 bits per heavy atom. The van der Waals surface area contributed by atoms with Crippen LogP contribution in [0.5, 0.6) is 0 Å². The van der Waals surface area contributed by atoms with Crippen molar-refractivity contribution >= 4 is 49.9 Å². The molecule has 0 fully saturated rings. The van der Waals surface area contributed by atoms with Gasteiger partial charge in [0.05, 0.1) is 27.7 Å². The third-order valence-electron chi connectivity index (χ3n) is 4.09. The lowest BCUT2D eigenvalue weighted by Gasteiger charge is -2.15. The molecule has 10 heteroatoms. The van der Waals surface area contributed by atoms with Gasteiger partial charge in [-0.25, -0.2) is 22.3 Å². The maximum atomic E-state index is 14.1. The van der Waals surface area contributed by atoms with E-state index in [1.165, 1.54) is 37.5 Å². The van der Waals surface area contributed by atoms with E-state index < -0.39 is 21.8 Å². The number of aromatic nitrogens is 1. The fourth-order valence-electron chi connectivity index (χ4n) is 2.69. The van der Waals surface area contributed by atoms with Gasteiger partial charge in [-0.15, -0.1) is 0 Å². The number of pyridine rings is 1. The van der Waals surface area contributed by atoms with Gasteiger partial charge in [-0.2, -0.15) is 0 Å². The van der Waals surface area contributed by atoms with Gasteiger partial charge in [-0.05, 0) is 44.3 Å². The first-order chi connectivity index (χ1) is 13.8. The third-order valence-corrected chi connectivity index (χ3v) is 5.79. The highest BCUT2D eigenvalue weighted by Gasteiger charge is 2.19. The van der Waals surface area contributed by atoms with E-state index in [2.05, 4.69) is 15.0 Å². The molecule has 7 nitrogen and oxygen atoms in total. The molecular weight excluding hydrogens is 421 g/mol. The molecule has 29 heavy (non-hydrogen) atoms. The second kappa shape index (κ2) is 8.32. The van der Waals surface area contributed by atoms with Crippen LogP contribution in [-0.4, -0.2) is 33.0 Å². The number of hydrogen-bond donors (Lipinski definition) is 2. The number of carbonyl (C=O) groups is 1. The quantitative estimate of drug-likeness (QED) is 0.568. The summed E-state index contributed by atoms with van der Waals surface area (Å²) in [5, 5.41) is 3.18. The van der Waals surface area contributed by atoms with Gasteiger partial charge in [0.1, 0.15) is 11.4 Å². The second-order valence-electron chi connectivity index (χ2n) is 5.91. The summed E-state index contributed by atoms with van der Waals surface area (Å²) in [6, 6.07) is 8.46. The Balaban J connectivity index is 2.19. The summed E-state index contributed by atoms with van der Waals surface area (Å²) in [6.07, 6.45) is 1.30. The molecule has 3 rings (SSSR count). The van der Waals surface area contributed by atoms with Crippen LogP contribution in [0.25, 0.3) is 10.9 Å². The van der Waals surface area contributed by atoms with Gasteiger partial charge in [0.25, 0.3) is 0 Å². The molecule has 0 bridgehead atoms. The summed E-state index contributed by atoms with van der Waals surface area (Å²) in [5.41, 5.74) is 1.02. The molecule has 0 spiro atoms. The molecule has 0 amide bonds. The molecule has 0 unspecified atom stereocenters. The van der Waals surface area contributed by atoms with Crippen molar-refractivity contribution in [3.63, 3.8) is 0 Å². The standard InChI is InChI=1S/C19H17ClFN3O4S/c1-3-28-19(25)14-10-23-17-9-15(20)16(21)8-13(17)18(14)24-11-5-4-6-12(7-11)29(26,27)22-2/h4-10,22H,3H2,1-2H3,(H,23,24). The minimum atomic E-state index is -3.67. The first-order valence-electron chi connectivity index (χ1n) is 8.52. The lowest BCUT2D eigenvalue weighted by atomic mass is 10.1. The first-order valence-corrected chi connectivity index (χ1v) is 10.4. The minimum absolute atomic E-state index is 0.0234. The van der Waals surface area contributed by atoms with Gasteiger partial charge in [0.15, 0.2) is 0 Å². The highest BCUT2D eigenvalue weighted by Crippen LogP contribution is 2.33. The number of ether oxygens (including phenoxy) is 1. The van der Waals surface area contributed by atoms with Gasteiger partial charge < -0.3 is 10.1 Å². The number of carbonyl (C=O) groups excluding carboxylic acids is 1. The molecule has 3 aromatic rings. The lowest BCUT2D eigenvalue weighted by Crippen LogP contribution is -2.18. The Labute approximate surface area is 171 Å². The van der Waals surface area contributed by atoms with Crippen LogP contribution in [0.1, 0.15) is 17.3 Å². The molecule has 0 saturated heterocycles. The SMILES string of the molecule is CCOC(=O)c1cnc2cc(Cl)c(F)cc2c1Nc1cccc(S(=O)(=O)NC)c1. The Hall–Kier alpha value is -2.75. The highest BCUT2D eigenvalue weighted by atomic mass is 35.5. The van der Waals surface area contributed by atoms with Gasteiger partial charge >= 0.3 is 5.97 Å². The van der Waals surface area contributed by atoms with E-state index in [-0.39, 0.29) is 27.8 Å². The summed E-state index contributed by atoms with van der Waals surface area (Å²) in [5.74, 6) is -1.34. The molecule has 1 aromatic heterocycles. The zero-order valence-corrected chi connectivity index (χ0v) is 17.1. The van der Waals surface area contributed by atoms with Crippen LogP contribution < -0.4 is 10.0 Å². The zero-order chi connectivity index (χ0) is 21.2. The van der Waals surface area contributed by atoms with E-state index in [0.29, 0.717) is 16.6 Å². The Morgan fingerprint density at radius 1 is 1.28 bits per heavy atom. The Kier molecular flexibility index (Phi) is 6.02. The van der Waals surface area contributed by atoms with Crippen LogP contribution in [-0.2, 0) is 14.8 Å². The topological polar surface area (TPSA) is 97.4 Å². The summed E-state index contributed by atoms with van der Waals surface area (Å²) in [6.45, 7) is 1.80. The van der Waals surface area contributed by atoms with Crippen molar-refractivity contribution in [1.82, 2.24) is 9.71 Å². The van der Waals surface area contributed by atoms with E-state index in [1.54, 1.807) is 13.0 Å². The van der Waals surface area contributed by atoms with Crippen molar-refractivity contribution in [1.29, 1.82) is 0 Å². The summed E-state index contributed by atoms with van der Waals surface area (Å²) >= 11 is 5.84. The predicted molar refractivity (Wildman–Crippen MR) is 109 cm³/mol. The fraction of sp³-hybridized carbons (Fsp3) is 0.158. The van der Waals surface area contributed by atoms with Crippen LogP contribution in [0.3, 0.4) is 0 Å². The number of hydrogen-bond acceptors (Lipinski definition) is 6. The van der Waals surface area contributed by atoms with Crippen LogP contribution in [0.4, 0.5) is 15.8 Å². The number of fused-ring (bicyclic) bond motifs is 1. The summed E-state index contributed by atoms with van der Waals surface area (Å²) in [4.78, 5) is 16.6. The van der Waals surface area contributed by atoms with E-state index in [1.807, 2.05) is 0 Å². The van der Waals surface area contributed by atoms with Gasteiger partial charge in [0, 0.05) is 17.3 Å². The van der Waals surface area contributed by atoms with Gasteiger partial charge in [-0.3, -0.25) is 4.98 Å². The average Bonchev–Trinajstić information content (AvgIpc) is 2.70. The van der Waals surface area contributed by atoms with Crippen molar-refractivity contribution in [2.45, 2.75) is 11.8 Å². The highest BCUT2D eigenvalue weighted by molar-refractivity contribution is 7.89. The number of rotatable bonds is 6. The number of esters is 1. The van der Waals surface area contributed by atoms with E-state index >= 15 is 0 Å². The molecule has 0 radical (unpaired) electrons. The molecule has 0 aliphatic rings. The number of anilines is 2. The molecule has 1 heterocycles. The van der Waals surface area contributed by atoms with Crippen LogP contribution in [0.2, 0.25) is 5.02 Å². The number of sulfonamides is 1. The predicted octanol–water partition coefficient (Wildman–Crippen LogP) is 3.86. The van der Waals surface area contributed by atoms with E-state index in [0.717, 1.165) is 6.07 Å². The van der Waals surface area contributed by atoms with E-state index in [4.69, 9.17) is 16.3 Å². The summed E-state index contributed by atoms with van der Waals surface area (Å²) in [7, 11) is -2.37. The maximum Gasteiger partial charge on any atom is 0.341 e. The molecule has 0 saturated carbocycles. The fourth-order valence-corrected chi connectivity index (χ4v) is 3.62. The van der Waals surface area contributed by atoms with Gasteiger partial charge in [-0.1, -0.05) is 17.7 Å². The maximum absolute atomic E-state index is 14.1. The number of nitrogens with zero attached hydrogens (tertiary/aromatic N) is 1. The van der Waals surface area contributed by atoms with Crippen molar-refractivity contribution < 1.29 is 22.3 Å². The molecule has 0 aliphatic carbocycles. The minimum Gasteiger partial charge on any atom is -0.462 e.